The Morgan fingerprint density at radius 1 is 1.50 bits per heavy atom. The van der Waals surface area contributed by atoms with Gasteiger partial charge in [0.2, 0.25) is 0 Å². The quantitative estimate of drug-likeness (QED) is 0.827. The minimum absolute atomic E-state index is 0.00975. The van der Waals surface area contributed by atoms with Crippen LogP contribution in [0.1, 0.15) is 44.2 Å². The smallest absolute Gasteiger partial charge is 0.308 e. The molecule has 0 aromatic carbocycles. The van der Waals surface area contributed by atoms with Crippen LogP contribution in [0.2, 0.25) is 0 Å². The molecule has 3 rings (SSSR count). The van der Waals surface area contributed by atoms with E-state index in [2.05, 4.69) is 15.4 Å². The first-order valence-corrected chi connectivity index (χ1v) is 6.79. The Balaban J connectivity index is 1.43. The topological polar surface area (TPSA) is 67.9 Å². The highest BCUT2D eigenvalue weighted by Crippen LogP contribution is 2.57. The molecule has 2 aliphatic rings. The molecule has 1 unspecified atom stereocenters. The number of aromatic amines is 1. The number of rotatable bonds is 4. The first-order valence-electron chi connectivity index (χ1n) is 6.79. The number of hydrogen-bond donors (Lipinski definition) is 1. The maximum atomic E-state index is 12.0. The molecular weight excluding hydrogens is 230 g/mol. The molecule has 0 amide bonds. The van der Waals surface area contributed by atoms with Crippen LogP contribution in [0.4, 0.5) is 0 Å². The Bertz CT molecular complexity index is 412. The van der Waals surface area contributed by atoms with Gasteiger partial charge in [-0.25, -0.2) is 0 Å². The Hall–Kier alpha value is -1.39. The summed E-state index contributed by atoms with van der Waals surface area (Å²) in [7, 11) is 0. The van der Waals surface area contributed by atoms with E-state index in [9.17, 15) is 4.79 Å². The molecule has 5 nitrogen and oxygen atoms in total. The zero-order valence-electron chi connectivity index (χ0n) is 10.5. The van der Waals surface area contributed by atoms with Crippen molar-refractivity contribution in [1.29, 1.82) is 0 Å². The minimum atomic E-state index is -0.00975. The summed E-state index contributed by atoms with van der Waals surface area (Å²) in [5.74, 6) is 0.128. The normalized spacial score (nSPS) is 25.0. The third-order valence-corrected chi connectivity index (χ3v) is 4.30. The molecule has 0 radical (unpaired) electrons. The second kappa shape index (κ2) is 4.71. The van der Waals surface area contributed by atoms with Gasteiger partial charge in [0.25, 0.3) is 0 Å². The highest BCUT2D eigenvalue weighted by molar-refractivity contribution is 5.72. The van der Waals surface area contributed by atoms with Gasteiger partial charge in [0.05, 0.1) is 24.4 Å². The van der Waals surface area contributed by atoms with E-state index < -0.39 is 0 Å². The molecule has 1 N–H and O–H groups in total. The van der Waals surface area contributed by atoms with Crippen molar-refractivity contribution < 1.29 is 9.53 Å². The monoisotopic (exact) mass is 249 g/mol. The van der Waals surface area contributed by atoms with Crippen molar-refractivity contribution in [3.63, 3.8) is 0 Å². The number of esters is 1. The van der Waals surface area contributed by atoms with Crippen LogP contribution in [0.3, 0.4) is 0 Å². The zero-order chi connectivity index (χ0) is 12.4. The van der Waals surface area contributed by atoms with Gasteiger partial charge in [-0.05, 0) is 37.5 Å². The van der Waals surface area contributed by atoms with Crippen LogP contribution in [0.5, 0.6) is 0 Å². The van der Waals surface area contributed by atoms with Crippen molar-refractivity contribution in [3.05, 3.63) is 11.9 Å². The first-order chi connectivity index (χ1) is 8.77. The van der Waals surface area contributed by atoms with Gasteiger partial charge in [0, 0.05) is 6.42 Å². The van der Waals surface area contributed by atoms with Crippen molar-refractivity contribution in [3.8, 4) is 0 Å². The van der Waals surface area contributed by atoms with E-state index in [1.807, 2.05) is 0 Å². The van der Waals surface area contributed by atoms with Crippen LogP contribution in [-0.4, -0.2) is 28.0 Å². The Morgan fingerprint density at radius 2 is 2.39 bits per heavy atom. The van der Waals surface area contributed by atoms with Crippen molar-refractivity contribution in [2.75, 3.05) is 6.61 Å². The van der Waals surface area contributed by atoms with Gasteiger partial charge >= 0.3 is 5.97 Å². The number of carbonyl (C=O) groups is 1. The summed E-state index contributed by atoms with van der Waals surface area (Å²) in [5, 5.41) is 10.2. The second-order valence-corrected chi connectivity index (χ2v) is 5.67. The molecule has 0 saturated heterocycles. The number of ether oxygens (including phenoxy) is 1. The lowest BCUT2D eigenvalue weighted by molar-refractivity contribution is -0.150. The molecule has 98 valence electrons. The van der Waals surface area contributed by atoms with E-state index in [0.717, 1.165) is 18.5 Å². The zero-order valence-corrected chi connectivity index (χ0v) is 10.5. The van der Waals surface area contributed by atoms with E-state index in [1.54, 1.807) is 6.20 Å². The molecule has 5 heteroatoms. The van der Waals surface area contributed by atoms with Crippen molar-refractivity contribution >= 4 is 5.97 Å². The van der Waals surface area contributed by atoms with E-state index >= 15 is 0 Å². The van der Waals surface area contributed by atoms with E-state index in [4.69, 9.17) is 4.74 Å². The van der Waals surface area contributed by atoms with Gasteiger partial charge in [0.1, 0.15) is 0 Å². The summed E-state index contributed by atoms with van der Waals surface area (Å²) < 4.78 is 5.36. The molecule has 18 heavy (non-hydrogen) atoms. The molecular formula is C13H19N3O2. The molecule has 2 fully saturated rings. The fraction of sp³-hybridized carbons (Fsp3) is 0.769. The molecule has 0 aliphatic heterocycles. The molecule has 1 spiro atoms. The Morgan fingerprint density at radius 3 is 3.11 bits per heavy atom. The third-order valence-electron chi connectivity index (χ3n) is 4.30. The average Bonchev–Trinajstić information content (AvgIpc) is 2.93. The fourth-order valence-electron chi connectivity index (χ4n) is 3.00. The summed E-state index contributed by atoms with van der Waals surface area (Å²) in [6.07, 6.45) is 9.48. The predicted molar refractivity (Wildman–Crippen MR) is 64.7 cm³/mol. The molecule has 2 saturated carbocycles. The number of nitrogens with one attached hydrogen (secondary N) is 1. The Labute approximate surface area is 106 Å². The van der Waals surface area contributed by atoms with Gasteiger partial charge in [-0.15, -0.1) is 0 Å². The lowest BCUT2D eigenvalue weighted by Gasteiger charge is -2.27. The summed E-state index contributed by atoms with van der Waals surface area (Å²) in [4.78, 5) is 12.0. The molecule has 0 bridgehead atoms. The van der Waals surface area contributed by atoms with Gasteiger partial charge in [-0.3, -0.25) is 4.79 Å². The van der Waals surface area contributed by atoms with Crippen LogP contribution in [-0.2, 0) is 16.0 Å². The van der Waals surface area contributed by atoms with E-state index in [0.29, 0.717) is 18.4 Å². The lowest BCUT2D eigenvalue weighted by Crippen LogP contribution is -2.26. The maximum absolute atomic E-state index is 12.0. The van der Waals surface area contributed by atoms with Crippen LogP contribution in [0.15, 0.2) is 6.20 Å². The number of H-pyrrole nitrogens is 1. The first kappa shape index (κ1) is 11.7. The molecule has 1 atom stereocenters. The molecule has 1 aromatic rings. The Kier molecular flexibility index (Phi) is 3.06. The number of nitrogens with zero attached hydrogens (tertiary/aromatic N) is 2. The lowest BCUT2D eigenvalue weighted by atomic mass is 9.79. The molecule has 1 aromatic heterocycles. The van der Waals surface area contributed by atoms with Crippen molar-refractivity contribution in [1.82, 2.24) is 15.4 Å². The standard InChI is InChI=1S/C13H19N3O2/c17-12(18-7-3-11-9-14-16-15-11)10-2-1-4-13(8-10)5-6-13/h9-10H,1-8H2,(H,14,15,16). The highest BCUT2D eigenvalue weighted by Gasteiger charge is 2.47. The van der Waals surface area contributed by atoms with Gasteiger partial charge in [-0.1, -0.05) is 6.42 Å². The summed E-state index contributed by atoms with van der Waals surface area (Å²) in [6.45, 7) is 0.412. The SMILES string of the molecule is O=C(OCCc1cn[nH]n1)C1CCCC2(CC2)C1. The summed E-state index contributed by atoms with van der Waals surface area (Å²) >= 11 is 0. The average molecular weight is 249 g/mol. The third kappa shape index (κ3) is 2.54. The van der Waals surface area contributed by atoms with Gasteiger partial charge in [-0.2, -0.15) is 15.4 Å². The maximum Gasteiger partial charge on any atom is 0.308 e. The number of carbonyl (C=O) groups excluding carboxylic acids is 1. The van der Waals surface area contributed by atoms with Crippen LogP contribution >= 0.6 is 0 Å². The van der Waals surface area contributed by atoms with E-state index in [1.165, 1.54) is 25.7 Å². The van der Waals surface area contributed by atoms with Crippen molar-refractivity contribution in [2.45, 2.75) is 44.9 Å². The minimum Gasteiger partial charge on any atom is -0.465 e. The van der Waals surface area contributed by atoms with Crippen LogP contribution < -0.4 is 0 Å². The fourth-order valence-corrected chi connectivity index (χ4v) is 3.00. The van der Waals surface area contributed by atoms with Crippen LogP contribution in [0, 0.1) is 11.3 Å². The number of hydrogen-bond acceptors (Lipinski definition) is 4. The molecule has 1 heterocycles. The summed E-state index contributed by atoms with van der Waals surface area (Å²) in [6, 6.07) is 0. The highest BCUT2D eigenvalue weighted by atomic mass is 16.5. The number of aromatic nitrogens is 3. The van der Waals surface area contributed by atoms with Gasteiger partial charge in [0.15, 0.2) is 0 Å². The second-order valence-electron chi connectivity index (χ2n) is 5.67. The predicted octanol–water partition coefficient (Wildman–Crippen LogP) is 1.86. The summed E-state index contributed by atoms with van der Waals surface area (Å²) in [5.41, 5.74) is 1.36. The van der Waals surface area contributed by atoms with Gasteiger partial charge < -0.3 is 4.74 Å². The largest absolute Gasteiger partial charge is 0.465 e. The van der Waals surface area contributed by atoms with Crippen LogP contribution in [0.25, 0.3) is 0 Å². The van der Waals surface area contributed by atoms with Crippen molar-refractivity contribution in [2.24, 2.45) is 11.3 Å². The molecule has 2 aliphatic carbocycles. The van der Waals surface area contributed by atoms with E-state index in [-0.39, 0.29) is 11.9 Å².